The number of carbonyl (C=O) groups is 1. The van der Waals surface area contributed by atoms with Gasteiger partial charge in [-0.05, 0) is 19.3 Å². The van der Waals surface area contributed by atoms with Gasteiger partial charge in [-0.3, -0.25) is 4.79 Å². The molecule has 240 valence electrons. The van der Waals surface area contributed by atoms with Crippen LogP contribution in [0.3, 0.4) is 0 Å². The molecule has 0 amide bonds. The molecule has 0 radical (unpaired) electrons. The molecule has 0 aliphatic carbocycles. The Morgan fingerprint density at radius 3 is 1.02 bits per heavy atom. The third-order valence-electron chi connectivity index (χ3n) is 8.81. The van der Waals surface area contributed by atoms with Crippen LogP contribution in [0, 0.1) is 5.92 Å². The van der Waals surface area contributed by atoms with Gasteiger partial charge >= 0.3 is 5.97 Å². The molecule has 0 aromatic carbocycles. The molecule has 0 aromatic heterocycles. The Morgan fingerprint density at radius 2 is 0.725 bits per heavy atom. The maximum atomic E-state index is 11.7. The molecule has 0 bridgehead atoms. The van der Waals surface area contributed by atoms with E-state index in [0.29, 0.717) is 19.4 Å². The molecule has 0 fully saturated rings. The van der Waals surface area contributed by atoms with E-state index < -0.39 is 18.0 Å². The fourth-order valence-electron chi connectivity index (χ4n) is 6.00. The number of aliphatic hydroxyl groups excluding tert-OH is 2. The van der Waals surface area contributed by atoms with Crippen LogP contribution in [0.5, 0.6) is 0 Å². The van der Waals surface area contributed by atoms with Crippen LogP contribution in [0.15, 0.2) is 0 Å². The molecule has 0 aliphatic rings. The largest absolute Gasteiger partial charge is 0.481 e. The molecule has 2 atom stereocenters. The number of aliphatic hydroxyl groups is 2. The summed E-state index contributed by atoms with van der Waals surface area (Å²) in [6, 6.07) is 0. The molecule has 4 heteroatoms. The lowest BCUT2D eigenvalue weighted by molar-refractivity contribution is -0.146. The molecule has 0 rings (SSSR count). The standard InChI is InChI=1S/C36H72O4/c1-2-3-4-5-6-7-8-9-13-16-19-22-25-28-31-34(36(39)40)35(38)32-29-26-23-20-17-14-11-10-12-15-18-21-24-27-30-33-37/h34-35,37-38H,2-33H2,1H3,(H,39,40). The van der Waals surface area contributed by atoms with Crippen LogP contribution in [0.1, 0.15) is 206 Å². The first kappa shape index (κ1) is 39.4. The second-order valence-electron chi connectivity index (χ2n) is 12.7. The van der Waals surface area contributed by atoms with Crippen molar-refractivity contribution in [2.24, 2.45) is 5.92 Å². The summed E-state index contributed by atoms with van der Waals surface area (Å²) in [6.07, 6.45) is 37.5. The maximum Gasteiger partial charge on any atom is 0.309 e. The SMILES string of the molecule is CCCCCCCCCCCCCCCCC(C(=O)O)C(O)CCCCCCCCCCCCCCCCCO. The molecular formula is C36H72O4. The van der Waals surface area contributed by atoms with Crippen molar-refractivity contribution in [1.29, 1.82) is 0 Å². The highest BCUT2D eigenvalue weighted by Crippen LogP contribution is 2.21. The van der Waals surface area contributed by atoms with Crippen LogP contribution in [0.2, 0.25) is 0 Å². The highest BCUT2D eigenvalue weighted by molar-refractivity contribution is 5.70. The van der Waals surface area contributed by atoms with Gasteiger partial charge in [-0.15, -0.1) is 0 Å². The van der Waals surface area contributed by atoms with Crippen LogP contribution in [0.4, 0.5) is 0 Å². The number of aliphatic carboxylic acids is 1. The van der Waals surface area contributed by atoms with E-state index in [0.717, 1.165) is 32.1 Å². The van der Waals surface area contributed by atoms with Gasteiger partial charge in [-0.2, -0.15) is 0 Å². The molecule has 0 aliphatic heterocycles. The third kappa shape index (κ3) is 28.9. The van der Waals surface area contributed by atoms with Crippen molar-refractivity contribution in [3.63, 3.8) is 0 Å². The number of carboxylic acid groups (broad SMARTS) is 1. The van der Waals surface area contributed by atoms with Crippen LogP contribution < -0.4 is 0 Å². The Bertz CT molecular complexity index is 495. The predicted molar refractivity (Wildman–Crippen MR) is 173 cm³/mol. The summed E-state index contributed by atoms with van der Waals surface area (Å²) in [6.45, 7) is 2.61. The molecule has 3 N–H and O–H groups in total. The Kier molecular flexibility index (Phi) is 32.4. The van der Waals surface area contributed by atoms with Gasteiger partial charge in [0.25, 0.3) is 0 Å². The minimum Gasteiger partial charge on any atom is -0.481 e. The Morgan fingerprint density at radius 1 is 0.450 bits per heavy atom. The first-order chi connectivity index (χ1) is 19.6. The second kappa shape index (κ2) is 32.9. The molecule has 4 nitrogen and oxygen atoms in total. The average Bonchev–Trinajstić information content (AvgIpc) is 2.94. The Labute approximate surface area is 250 Å². The molecule has 0 aromatic rings. The fourth-order valence-corrected chi connectivity index (χ4v) is 6.00. The van der Waals surface area contributed by atoms with Crippen LogP contribution in [-0.2, 0) is 4.79 Å². The Hall–Kier alpha value is -0.610. The Balaban J connectivity index is 3.51. The molecule has 2 unspecified atom stereocenters. The zero-order valence-corrected chi connectivity index (χ0v) is 27.0. The first-order valence-corrected chi connectivity index (χ1v) is 18.1. The van der Waals surface area contributed by atoms with Gasteiger partial charge in [0.05, 0.1) is 12.0 Å². The van der Waals surface area contributed by atoms with E-state index in [-0.39, 0.29) is 0 Å². The van der Waals surface area contributed by atoms with E-state index in [1.807, 2.05) is 0 Å². The quantitative estimate of drug-likeness (QED) is 0.0674. The van der Waals surface area contributed by atoms with Crippen LogP contribution in [-0.4, -0.2) is 34.0 Å². The lowest BCUT2D eigenvalue weighted by atomic mass is 9.91. The van der Waals surface area contributed by atoms with Crippen LogP contribution >= 0.6 is 0 Å². The van der Waals surface area contributed by atoms with Crippen molar-refractivity contribution in [3.05, 3.63) is 0 Å². The van der Waals surface area contributed by atoms with Crippen molar-refractivity contribution < 1.29 is 20.1 Å². The number of hydrogen-bond donors (Lipinski definition) is 3. The van der Waals surface area contributed by atoms with Gasteiger partial charge < -0.3 is 15.3 Å². The summed E-state index contributed by atoms with van der Waals surface area (Å²) in [5, 5.41) is 28.9. The zero-order chi connectivity index (χ0) is 29.4. The zero-order valence-electron chi connectivity index (χ0n) is 27.0. The minimum absolute atomic E-state index is 0.340. The smallest absolute Gasteiger partial charge is 0.309 e. The summed E-state index contributed by atoms with van der Waals surface area (Å²) in [4.78, 5) is 11.7. The van der Waals surface area contributed by atoms with Crippen LogP contribution in [0.25, 0.3) is 0 Å². The summed E-state index contributed by atoms with van der Waals surface area (Å²) in [5.74, 6) is -1.40. The predicted octanol–water partition coefficient (Wildman–Crippen LogP) is 11.2. The molecule has 0 saturated carbocycles. The van der Waals surface area contributed by atoms with Crippen molar-refractivity contribution in [2.45, 2.75) is 212 Å². The summed E-state index contributed by atoms with van der Waals surface area (Å²) < 4.78 is 0. The summed E-state index contributed by atoms with van der Waals surface area (Å²) >= 11 is 0. The van der Waals surface area contributed by atoms with Gasteiger partial charge in [-0.25, -0.2) is 0 Å². The van der Waals surface area contributed by atoms with Crippen molar-refractivity contribution in [2.75, 3.05) is 6.61 Å². The molecular weight excluding hydrogens is 496 g/mol. The number of carboxylic acids is 1. The van der Waals surface area contributed by atoms with E-state index in [2.05, 4.69) is 6.92 Å². The lowest BCUT2D eigenvalue weighted by Crippen LogP contribution is -2.28. The summed E-state index contributed by atoms with van der Waals surface area (Å²) in [7, 11) is 0. The highest BCUT2D eigenvalue weighted by Gasteiger charge is 2.25. The maximum absolute atomic E-state index is 11.7. The normalized spacial score (nSPS) is 13.1. The van der Waals surface area contributed by atoms with Crippen molar-refractivity contribution >= 4 is 5.97 Å². The topological polar surface area (TPSA) is 77.8 Å². The number of rotatable bonds is 34. The van der Waals surface area contributed by atoms with E-state index in [1.165, 1.54) is 154 Å². The van der Waals surface area contributed by atoms with E-state index in [9.17, 15) is 15.0 Å². The van der Waals surface area contributed by atoms with E-state index in [1.54, 1.807) is 0 Å². The van der Waals surface area contributed by atoms with Gasteiger partial charge in [0.2, 0.25) is 0 Å². The van der Waals surface area contributed by atoms with Crippen molar-refractivity contribution in [1.82, 2.24) is 0 Å². The van der Waals surface area contributed by atoms with E-state index >= 15 is 0 Å². The van der Waals surface area contributed by atoms with Gasteiger partial charge in [0, 0.05) is 6.61 Å². The third-order valence-corrected chi connectivity index (χ3v) is 8.81. The van der Waals surface area contributed by atoms with Gasteiger partial charge in [0.1, 0.15) is 0 Å². The van der Waals surface area contributed by atoms with Crippen molar-refractivity contribution in [3.8, 4) is 0 Å². The molecule has 40 heavy (non-hydrogen) atoms. The lowest BCUT2D eigenvalue weighted by Gasteiger charge is -2.19. The first-order valence-electron chi connectivity index (χ1n) is 18.1. The van der Waals surface area contributed by atoms with E-state index in [4.69, 9.17) is 5.11 Å². The molecule has 0 saturated heterocycles. The van der Waals surface area contributed by atoms with Gasteiger partial charge in [-0.1, -0.05) is 187 Å². The highest BCUT2D eigenvalue weighted by atomic mass is 16.4. The number of unbranched alkanes of at least 4 members (excludes halogenated alkanes) is 27. The molecule has 0 heterocycles. The molecule has 0 spiro atoms. The average molecular weight is 569 g/mol. The monoisotopic (exact) mass is 569 g/mol. The summed E-state index contributed by atoms with van der Waals surface area (Å²) in [5.41, 5.74) is 0. The van der Waals surface area contributed by atoms with Gasteiger partial charge in [0.15, 0.2) is 0 Å². The second-order valence-corrected chi connectivity index (χ2v) is 12.7. The fraction of sp³-hybridized carbons (Fsp3) is 0.972. The minimum atomic E-state index is -0.816. The number of hydrogen-bond acceptors (Lipinski definition) is 3.